The Morgan fingerprint density at radius 3 is 2.87 bits per heavy atom. The highest BCUT2D eigenvalue weighted by Crippen LogP contribution is 2.19. The Morgan fingerprint density at radius 1 is 1.39 bits per heavy atom. The van der Waals surface area contributed by atoms with E-state index in [1.165, 1.54) is 0 Å². The van der Waals surface area contributed by atoms with E-state index in [0.29, 0.717) is 12.5 Å². The van der Waals surface area contributed by atoms with Crippen LogP contribution in [0.1, 0.15) is 22.9 Å². The summed E-state index contributed by atoms with van der Waals surface area (Å²) < 4.78 is 1.64. The first kappa shape index (κ1) is 16.1. The van der Waals surface area contributed by atoms with E-state index >= 15 is 0 Å². The lowest BCUT2D eigenvalue weighted by atomic mass is 9.97. The Balaban J connectivity index is 1.35. The summed E-state index contributed by atoms with van der Waals surface area (Å²) in [6.45, 7) is 6.04. The summed E-state index contributed by atoms with van der Waals surface area (Å²) in [7, 11) is 0. The monoisotopic (exact) mass is 334 g/mol. The molecule has 1 aliphatic heterocycles. The van der Waals surface area contributed by atoms with Gasteiger partial charge in [-0.3, -0.25) is 14.4 Å². The molecule has 0 aliphatic carbocycles. The van der Waals surface area contributed by atoms with Gasteiger partial charge in [0.15, 0.2) is 0 Å². The second kappa shape index (κ2) is 7.65. The zero-order chi connectivity index (χ0) is 16.1. The average Bonchev–Trinajstić information content (AvgIpc) is 3.18. The predicted octanol–water partition coefficient (Wildman–Crippen LogP) is 1.07. The van der Waals surface area contributed by atoms with Gasteiger partial charge < -0.3 is 5.32 Å². The summed E-state index contributed by atoms with van der Waals surface area (Å²) >= 11 is 1.67. The highest BCUT2D eigenvalue weighted by molar-refractivity contribution is 7.11. The Kier molecular flexibility index (Phi) is 5.35. The van der Waals surface area contributed by atoms with Gasteiger partial charge in [0.2, 0.25) is 5.91 Å². The minimum atomic E-state index is 0.0282. The van der Waals surface area contributed by atoms with Crippen LogP contribution in [0.5, 0.6) is 0 Å². The normalized spacial score (nSPS) is 16.6. The molecule has 2 aromatic rings. The first-order valence-corrected chi connectivity index (χ1v) is 8.76. The largest absolute Gasteiger partial charge is 0.354 e. The maximum Gasteiger partial charge on any atom is 0.241 e. The topological polar surface area (TPSA) is 75.9 Å². The smallest absolute Gasteiger partial charge is 0.241 e. The maximum atomic E-state index is 11.9. The van der Waals surface area contributed by atoms with Gasteiger partial charge in [0, 0.05) is 18.9 Å². The predicted molar refractivity (Wildman–Crippen MR) is 87.9 cm³/mol. The number of aryl methyl sites for hydroxylation is 1. The molecule has 0 saturated carbocycles. The number of rotatable bonds is 6. The van der Waals surface area contributed by atoms with Crippen LogP contribution in [0, 0.1) is 12.8 Å². The van der Waals surface area contributed by atoms with Crippen LogP contribution < -0.4 is 5.32 Å². The van der Waals surface area contributed by atoms with Crippen LogP contribution in [-0.4, -0.2) is 50.4 Å². The third-order valence-corrected chi connectivity index (χ3v) is 4.91. The molecular weight excluding hydrogens is 312 g/mol. The molecule has 0 unspecified atom stereocenters. The van der Waals surface area contributed by atoms with Crippen LogP contribution in [0.4, 0.5) is 0 Å². The molecule has 0 aromatic carbocycles. The van der Waals surface area contributed by atoms with Crippen LogP contribution in [0.25, 0.3) is 0 Å². The lowest BCUT2D eigenvalue weighted by Crippen LogP contribution is -2.39. The average molecular weight is 334 g/mol. The number of hydrogen-bond acceptors (Lipinski definition) is 6. The summed E-state index contributed by atoms with van der Waals surface area (Å²) in [6.07, 6.45) is 5.70. The van der Waals surface area contributed by atoms with Crippen molar-refractivity contribution in [2.75, 3.05) is 19.6 Å². The van der Waals surface area contributed by atoms with Crippen molar-refractivity contribution < 1.29 is 4.79 Å². The summed E-state index contributed by atoms with van der Waals surface area (Å²) in [4.78, 5) is 14.3. The Labute approximate surface area is 139 Å². The SMILES string of the molecule is Cc1nnc(CN2CCC(CNC(=O)Cn3cccn3)CC2)s1. The van der Waals surface area contributed by atoms with Gasteiger partial charge in [0.25, 0.3) is 0 Å². The van der Waals surface area contributed by atoms with Gasteiger partial charge in [0.05, 0.1) is 6.54 Å². The van der Waals surface area contributed by atoms with Crippen molar-refractivity contribution in [1.29, 1.82) is 0 Å². The molecule has 7 nitrogen and oxygen atoms in total. The van der Waals surface area contributed by atoms with E-state index < -0.39 is 0 Å². The van der Waals surface area contributed by atoms with Gasteiger partial charge in [-0.15, -0.1) is 21.5 Å². The Hall–Kier alpha value is -1.80. The molecule has 1 fully saturated rings. The number of nitrogens with one attached hydrogen (secondary N) is 1. The molecule has 0 spiro atoms. The van der Waals surface area contributed by atoms with E-state index in [2.05, 4.69) is 25.5 Å². The second-order valence-electron chi connectivity index (χ2n) is 5.94. The van der Waals surface area contributed by atoms with Crippen LogP contribution in [0.2, 0.25) is 0 Å². The van der Waals surface area contributed by atoms with E-state index in [1.54, 1.807) is 28.4 Å². The summed E-state index contributed by atoms with van der Waals surface area (Å²) in [5, 5.41) is 17.4. The van der Waals surface area contributed by atoms with E-state index in [-0.39, 0.29) is 5.91 Å². The fourth-order valence-electron chi connectivity index (χ4n) is 2.80. The van der Waals surface area contributed by atoms with Gasteiger partial charge >= 0.3 is 0 Å². The fourth-order valence-corrected chi connectivity index (χ4v) is 3.55. The number of likely N-dealkylation sites (tertiary alicyclic amines) is 1. The van der Waals surface area contributed by atoms with Gasteiger partial charge in [0.1, 0.15) is 16.6 Å². The lowest BCUT2D eigenvalue weighted by Gasteiger charge is -2.31. The Bertz CT molecular complexity index is 618. The Morgan fingerprint density at radius 2 is 2.22 bits per heavy atom. The van der Waals surface area contributed by atoms with Gasteiger partial charge in [-0.05, 0) is 44.8 Å². The lowest BCUT2D eigenvalue weighted by molar-refractivity contribution is -0.122. The van der Waals surface area contributed by atoms with Crippen molar-refractivity contribution in [3.8, 4) is 0 Å². The summed E-state index contributed by atoms with van der Waals surface area (Å²) in [5.41, 5.74) is 0. The van der Waals surface area contributed by atoms with Gasteiger partial charge in [-0.25, -0.2) is 0 Å². The van der Waals surface area contributed by atoms with Crippen LogP contribution in [0.15, 0.2) is 18.5 Å². The van der Waals surface area contributed by atoms with Crippen molar-refractivity contribution in [1.82, 2.24) is 30.2 Å². The molecule has 1 saturated heterocycles. The highest BCUT2D eigenvalue weighted by atomic mass is 32.1. The zero-order valence-corrected chi connectivity index (χ0v) is 14.1. The van der Waals surface area contributed by atoms with Crippen molar-refractivity contribution in [2.24, 2.45) is 5.92 Å². The number of piperidine rings is 1. The molecule has 1 amide bonds. The summed E-state index contributed by atoms with van der Waals surface area (Å²) in [5.74, 6) is 0.587. The van der Waals surface area contributed by atoms with Crippen molar-refractivity contribution in [3.05, 3.63) is 28.5 Å². The molecule has 8 heteroatoms. The van der Waals surface area contributed by atoms with Crippen molar-refractivity contribution in [3.63, 3.8) is 0 Å². The van der Waals surface area contributed by atoms with Crippen molar-refractivity contribution >= 4 is 17.2 Å². The zero-order valence-electron chi connectivity index (χ0n) is 13.3. The molecule has 23 heavy (non-hydrogen) atoms. The first-order chi connectivity index (χ1) is 11.2. The third-order valence-electron chi connectivity index (χ3n) is 4.09. The molecule has 2 aromatic heterocycles. The molecule has 3 heterocycles. The number of nitrogens with zero attached hydrogens (tertiary/aromatic N) is 5. The van der Waals surface area contributed by atoms with E-state index in [4.69, 9.17) is 0 Å². The molecule has 0 bridgehead atoms. The standard InChI is InChI=1S/C15H22N6OS/c1-12-18-19-15(23-12)11-20-7-3-13(4-8-20)9-16-14(22)10-21-6-2-5-17-21/h2,5-6,13H,3-4,7-11H2,1H3,(H,16,22). The number of carbonyl (C=O) groups excluding carboxylic acids is 1. The number of aromatic nitrogens is 4. The van der Waals surface area contributed by atoms with Gasteiger partial charge in [-0.1, -0.05) is 0 Å². The van der Waals surface area contributed by atoms with Gasteiger partial charge in [-0.2, -0.15) is 5.10 Å². The van der Waals surface area contributed by atoms with Crippen molar-refractivity contribution in [2.45, 2.75) is 32.9 Å². The van der Waals surface area contributed by atoms with Crippen LogP contribution in [0.3, 0.4) is 0 Å². The fraction of sp³-hybridized carbons (Fsp3) is 0.600. The molecule has 124 valence electrons. The molecule has 0 radical (unpaired) electrons. The quantitative estimate of drug-likeness (QED) is 0.855. The minimum Gasteiger partial charge on any atom is -0.354 e. The molecule has 1 N–H and O–H groups in total. The number of amides is 1. The molecule has 1 aliphatic rings. The van der Waals surface area contributed by atoms with E-state index in [9.17, 15) is 4.79 Å². The van der Waals surface area contributed by atoms with E-state index in [1.807, 2.05) is 13.0 Å². The third kappa shape index (κ3) is 4.84. The van der Waals surface area contributed by atoms with E-state index in [0.717, 1.165) is 49.0 Å². The maximum absolute atomic E-state index is 11.9. The second-order valence-corrected chi connectivity index (χ2v) is 7.21. The number of hydrogen-bond donors (Lipinski definition) is 1. The molecular formula is C15H22N6OS. The molecule has 0 atom stereocenters. The van der Waals surface area contributed by atoms with Crippen LogP contribution >= 0.6 is 11.3 Å². The first-order valence-electron chi connectivity index (χ1n) is 7.94. The van der Waals surface area contributed by atoms with Crippen LogP contribution in [-0.2, 0) is 17.9 Å². The summed E-state index contributed by atoms with van der Waals surface area (Å²) in [6, 6.07) is 1.82. The molecule has 3 rings (SSSR count). The highest BCUT2D eigenvalue weighted by Gasteiger charge is 2.20. The minimum absolute atomic E-state index is 0.0282. The number of carbonyl (C=O) groups is 1.